The molecule has 3 heterocycles. The number of nitrogens with one attached hydrogen (secondary N) is 1. The van der Waals surface area contributed by atoms with E-state index < -0.39 is 0 Å². The molecule has 1 fully saturated rings. The van der Waals surface area contributed by atoms with Crippen LogP contribution in [0.15, 0.2) is 36.7 Å². The Hall–Kier alpha value is -3.00. The van der Waals surface area contributed by atoms with Gasteiger partial charge in [0.1, 0.15) is 12.1 Å². The average Bonchev–Trinajstić information content (AvgIpc) is 3.16. The van der Waals surface area contributed by atoms with Crippen LogP contribution in [0.3, 0.4) is 0 Å². The summed E-state index contributed by atoms with van der Waals surface area (Å²) < 4.78 is 12.1. The molecule has 3 aromatic rings. The van der Waals surface area contributed by atoms with Crippen LogP contribution in [-0.2, 0) is 16.0 Å². The number of nitrogens with zero attached hydrogens (tertiary/aromatic N) is 4. The number of benzene rings is 1. The normalized spacial score (nSPS) is 14.9. The van der Waals surface area contributed by atoms with Gasteiger partial charge in [-0.05, 0) is 37.1 Å². The van der Waals surface area contributed by atoms with Crippen LogP contribution in [0.1, 0.15) is 18.7 Å². The summed E-state index contributed by atoms with van der Waals surface area (Å²) in [5.41, 5.74) is 2.53. The van der Waals surface area contributed by atoms with Crippen molar-refractivity contribution in [3.8, 4) is 17.0 Å². The van der Waals surface area contributed by atoms with E-state index in [0.717, 1.165) is 35.5 Å². The van der Waals surface area contributed by atoms with Gasteiger partial charge < -0.3 is 14.8 Å². The maximum atomic E-state index is 12.2. The molecule has 1 aliphatic heterocycles. The predicted octanol–water partition coefficient (Wildman–Crippen LogP) is 1.89. The van der Waals surface area contributed by atoms with Gasteiger partial charge in [-0.15, -0.1) is 5.10 Å². The minimum atomic E-state index is 0.0547. The molecule has 146 valence electrons. The molecule has 8 heteroatoms. The molecule has 1 saturated heterocycles. The Bertz CT molecular complexity index is 948. The zero-order chi connectivity index (χ0) is 19.3. The van der Waals surface area contributed by atoms with Crippen LogP contribution >= 0.6 is 0 Å². The molecule has 1 aromatic carbocycles. The summed E-state index contributed by atoms with van der Waals surface area (Å²) in [6.45, 7) is 1.84. The Morgan fingerprint density at radius 2 is 2.07 bits per heavy atom. The van der Waals surface area contributed by atoms with Crippen molar-refractivity contribution in [3.63, 3.8) is 0 Å². The number of hydrogen-bond acceptors (Lipinski definition) is 6. The van der Waals surface area contributed by atoms with Crippen molar-refractivity contribution in [2.75, 3.05) is 26.9 Å². The third kappa shape index (κ3) is 4.12. The van der Waals surface area contributed by atoms with Crippen LogP contribution in [0.5, 0.6) is 5.75 Å². The van der Waals surface area contributed by atoms with Crippen LogP contribution in [-0.4, -0.2) is 52.4 Å². The van der Waals surface area contributed by atoms with Gasteiger partial charge in [0.25, 0.3) is 0 Å². The summed E-state index contributed by atoms with van der Waals surface area (Å²) >= 11 is 0. The Morgan fingerprint density at radius 3 is 2.82 bits per heavy atom. The summed E-state index contributed by atoms with van der Waals surface area (Å²) in [6, 6.07) is 9.62. The lowest BCUT2D eigenvalue weighted by molar-refractivity contribution is -0.127. The molecule has 0 radical (unpaired) electrons. The monoisotopic (exact) mass is 381 g/mol. The fraction of sp³-hybridized carbons (Fsp3) is 0.400. The first-order valence-corrected chi connectivity index (χ1v) is 9.44. The summed E-state index contributed by atoms with van der Waals surface area (Å²) in [7, 11) is 1.64. The molecular formula is C20H23N5O3. The molecule has 0 saturated carbocycles. The lowest BCUT2D eigenvalue weighted by Crippen LogP contribution is -2.35. The number of amides is 1. The summed E-state index contributed by atoms with van der Waals surface area (Å²) in [4.78, 5) is 21.2. The Labute approximate surface area is 162 Å². The molecular weight excluding hydrogens is 358 g/mol. The van der Waals surface area contributed by atoms with Crippen LogP contribution in [0.25, 0.3) is 16.9 Å². The van der Waals surface area contributed by atoms with E-state index in [0.29, 0.717) is 32.0 Å². The SMILES string of the molecule is COc1ccc(-c2cc3nc(CCNC(=O)C4CCOCC4)nn3cn2)cc1. The lowest BCUT2D eigenvalue weighted by Gasteiger charge is -2.20. The summed E-state index contributed by atoms with van der Waals surface area (Å²) in [6.07, 6.45) is 3.82. The number of carbonyl (C=O) groups excluding carboxylic acids is 1. The van der Waals surface area contributed by atoms with Crippen LogP contribution in [0.2, 0.25) is 0 Å². The number of aromatic nitrogens is 4. The number of rotatable bonds is 6. The highest BCUT2D eigenvalue weighted by Gasteiger charge is 2.21. The molecule has 0 spiro atoms. The largest absolute Gasteiger partial charge is 0.497 e. The first kappa shape index (κ1) is 18.4. The minimum absolute atomic E-state index is 0.0547. The van der Waals surface area contributed by atoms with Gasteiger partial charge in [0, 0.05) is 43.7 Å². The van der Waals surface area contributed by atoms with E-state index in [-0.39, 0.29) is 11.8 Å². The molecule has 1 amide bonds. The van der Waals surface area contributed by atoms with Crippen LogP contribution < -0.4 is 10.1 Å². The fourth-order valence-electron chi connectivity index (χ4n) is 3.27. The molecule has 0 unspecified atom stereocenters. The zero-order valence-corrected chi connectivity index (χ0v) is 15.8. The molecule has 0 atom stereocenters. The maximum Gasteiger partial charge on any atom is 0.223 e. The van der Waals surface area contributed by atoms with E-state index in [1.54, 1.807) is 18.0 Å². The van der Waals surface area contributed by atoms with Gasteiger partial charge in [0.15, 0.2) is 11.5 Å². The summed E-state index contributed by atoms with van der Waals surface area (Å²) in [5, 5.41) is 7.42. The van der Waals surface area contributed by atoms with Gasteiger partial charge in [-0.25, -0.2) is 14.5 Å². The van der Waals surface area contributed by atoms with E-state index >= 15 is 0 Å². The van der Waals surface area contributed by atoms with Crippen molar-refractivity contribution < 1.29 is 14.3 Å². The van der Waals surface area contributed by atoms with Gasteiger partial charge in [0.2, 0.25) is 5.91 Å². The summed E-state index contributed by atoms with van der Waals surface area (Å²) in [5.74, 6) is 1.63. The van der Waals surface area contributed by atoms with E-state index in [2.05, 4.69) is 20.4 Å². The fourth-order valence-corrected chi connectivity index (χ4v) is 3.27. The average molecular weight is 381 g/mol. The molecule has 28 heavy (non-hydrogen) atoms. The first-order valence-electron chi connectivity index (χ1n) is 9.44. The highest BCUT2D eigenvalue weighted by atomic mass is 16.5. The van der Waals surface area contributed by atoms with Gasteiger partial charge >= 0.3 is 0 Å². The predicted molar refractivity (Wildman–Crippen MR) is 103 cm³/mol. The van der Waals surface area contributed by atoms with Crippen molar-refractivity contribution in [1.82, 2.24) is 24.9 Å². The van der Waals surface area contributed by atoms with E-state index in [9.17, 15) is 4.79 Å². The zero-order valence-electron chi connectivity index (χ0n) is 15.8. The van der Waals surface area contributed by atoms with Crippen molar-refractivity contribution >= 4 is 11.6 Å². The Kier molecular flexibility index (Phi) is 5.48. The van der Waals surface area contributed by atoms with Crippen molar-refractivity contribution in [2.45, 2.75) is 19.3 Å². The molecule has 0 aliphatic carbocycles. The first-order chi connectivity index (χ1) is 13.7. The van der Waals surface area contributed by atoms with E-state index in [1.165, 1.54) is 0 Å². The number of methoxy groups -OCH3 is 1. The molecule has 1 aliphatic rings. The Morgan fingerprint density at radius 1 is 1.29 bits per heavy atom. The molecule has 2 aromatic heterocycles. The van der Waals surface area contributed by atoms with Gasteiger partial charge in [0.05, 0.1) is 12.8 Å². The van der Waals surface area contributed by atoms with E-state index in [1.807, 2.05) is 30.3 Å². The van der Waals surface area contributed by atoms with Gasteiger partial charge in [-0.2, -0.15) is 0 Å². The number of ether oxygens (including phenoxy) is 2. The smallest absolute Gasteiger partial charge is 0.223 e. The van der Waals surface area contributed by atoms with Gasteiger partial charge in [-0.3, -0.25) is 4.79 Å². The van der Waals surface area contributed by atoms with Gasteiger partial charge in [-0.1, -0.05) is 0 Å². The van der Waals surface area contributed by atoms with Crippen molar-refractivity contribution in [1.29, 1.82) is 0 Å². The molecule has 8 nitrogen and oxygen atoms in total. The van der Waals surface area contributed by atoms with E-state index in [4.69, 9.17) is 9.47 Å². The number of fused-ring (bicyclic) bond motifs is 1. The highest BCUT2D eigenvalue weighted by Crippen LogP contribution is 2.21. The third-order valence-electron chi connectivity index (χ3n) is 4.90. The second-order valence-corrected chi connectivity index (χ2v) is 6.76. The van der Waals surface area contributed by atoms with Crippen molar-refractivity contribution in [2.24, 2.45) is 5.92 Å². The molecule has 1 N–H and O–H groups in total. The highest BCUT2D eigenvalue weighted by molar-refractivity contribution is 5.78. The standard InChI is InChI=1S/C20H23N5O3/c1-27-16-4-2-14(3-5-16)17-12-19-23-18(24-25(19)13-22-17)6-9-21-20(26)15-7-10-28-11-8-15/h2-5,12-13,15H,6-11H2,1H3,(H,21,26). The number of hydrogen-bond donors (Lipinski definition) is 1. The topological polar surface area (TPSA) is 90.6 Å². The van der Waals surface area contributed by atoms with Crippen LogP contribution in [0.4, 0.5) is 0 Å². The lowest BCUT2D eigenvalue weighted by atomic mass is 9.99. The maximum absolute atomic E-state index is 12.2. The minimum Gasteiger partial charge on any atom is -0.497 e. The second-order valence-electron chi connectivity index (χ2n) is 6.76. The van der Waals surface area contributed by atoms with Crippen molar-refractivity contribution in [3.05, 3.63) is 42.5 Å². The second kappa shape index (κ2) is 8.35. The molecule has 4 rings (SSSR count). The number of carbonyl (C=O) groups is 1. The Balaban J connectivity index is 1.39. The third-order valence-corrected chi connectivity index (χ3v) is 4.90. The molecule has 0 bridgehead atoms. The van der Waals surface area contributed by atoms with Crippen LogP contribution in [0, 0.1) is 5.92 Å². The quantitative estimate of drug-likeness (QED) is 0.701.